The highest BCUT2D eigenvalue weighted by atomic mass is 16.2. The predicted octanol–water partition coefficient (Wildman–Crippen LogP) is 2.24. The van der Waals surface area contributed by atoms with Crippen LogP contribution in [0, 0.1) is 0 Å². The summed E-state index contributed by atoms with van der Waals surface area (Å²) in [5, 5.41) is 3.57. The van der Waals surface area contributed by atoms with Gasteiger partial charge in [-0.1, -0.05) is 13.8 Å². The number of likely N-dealkylation sites (tertiary alicyclic amines) is 1. The number of carbonyl (C=O) groups excluding carboxylic acids is 1. The topological polar surface area (TPSA) is 35.6 Å². The van der Waals surface area contributed by atoms with E-state index in [-0.39, 0.29) is 6.04 Å². The molecule has 2 aliphatic heterocycles. The average molecular weight is 295 g/mol. The normalized spacial score (nSPS) is 36.0. The summed E-state index contributed by atoms with van der Waals surface area (Å²) in [7, 11) is 0. The Hall–Kier alpha value is -0.610. The molecule has 0 aromatic rings. The molecule has 5 atom stereocenters. The fourth-order valence-corrected chi connectivity index (χ4v) is 4.12. The molecule has 0 bridgehead atoms. The average Bonchev–Trinajstić information content (AvgIpc) is 2.84. The summed E-state index contributed by atoms with van der Waals surface area (Å²) in [6.07, 6.45) is 4.56. The maximum atomic E-state index is 13.1. The van der Waals surface area contributed by atoms with E-state index in [2.05, 4.69) is 49.7 Å². The van der Waals surface area contributed by atoms with Crippen LogP contribution >= 0.6 is 0 Å². The van der Waals surface area contributed by atoms with E-state index in [1.54, 1.807) is 0 Å². The molecule has 2 saturated heterocycles. The molecule has 4 heteroatoms. The van der Waals surface area contributed by atoms with Crippen LogP contribution in [0.25, 0.3) is 0 Å². The van der Waals surface area contributed by atoms with E-state index in [1.807, 2.05) is 0 Å². The maximum Gasteiger partial charge on any atom is 0.240 e. The highest BCUT2D eigenvalue weighted by Gasteiger charge is 2.38. The van der Waals surface area contributed by atoms with E-state index < -0.39 is 0 Å². The molecule has 2 fully saturated rings. The van der Waals surface area contributed by atoms with Crippen molar-refractivity contribution in [1.82, 2.24) is 15.1 Å². The van der Waals surface area contributed by atoms with Crippen molar-refractivity contribution >= 4 is 5.91 Å². The monoisotopic (exact) mass is 295 g/mol. The van der Waals surface area contributed by atoms with Crippen LogP contribution in [0.5, 0.6) is 0 Å². The lowest BCUT2D eigenvalue weighted by molar-refractivity contribution is -0.141. The SMILES string of the molecule is CCC1CN(C(=O)C(C)N2C(C)CCC2C)C(CC)CN1. The maximum absolute atomic E-state index is 13.1. The van der Waals surface area contributed by atoms with Gasteiger partial charge in [0.05, 0.1) is 6.04 Å². The van der Waals surface area contributed by atoms with Gasteiger partial charge in [-0.2, -0.15) is 0 Å². The quantitative estimate of drug-likeness (QED) is 0.864. The van der Waals surface area contributed by atoms with Gasteiger partial charge >= 0.3 is 0 Å². The summed E-state index contributed by atoms with van der Waals surface area (Å²) < 4.78 is 0. The van der Waals surface area contributed by atoms with Crippen LogP contribution in [0.2, 0.25) is 0 Å². The second kappa shape index (κ2) is 7.10. The highest BCUT2D eigenvalue weighted by molar-refractivity contribution is 5.82. The molecular formula is C17H33N3O. The summed E-state index contributed by atoms with van der Waals surface area (Å²) in [4.78, 5) is 17.7. The van der Waals surface area contributed by atoms with Crippen LogP contribution in [0.3, 0.4) is 0 Å². The Kier molecular flexibility index (Phi) is 5.67. The van der Waals surface area contributed by atoms with Gasteiger partial charge in [-0.25, -0.2) is 0 Å². The van der Waals surface area contributed by atoms with E-state index in [0.717, 1.165) is 25.9 Å². The molecule has 1 N–H and O–H groups in total. The molecule has 1 amide bonds. The van der Waals surface area contributed by atoms with E-state index in [0.29, 0.717) is 30.1 Å². The molecule has 0 radical (unpaired) electrons. The van der Waals surface area contributed by atoms with Gasteiger partial charge < -0.3 is 10.2 Å². The molecule has 0 aromatic carbocycles. The number of nitrogens with one attached hydrogen (secondary N) is 1. The van der Waals surface area contributed by atoms with E-state index in [9.17, 15) is 4.79 Å². The smallest absolute Gasteiger partial charge is 0.240 e. The van der Waals surface area contributed by atoms with Gasteiger partial charge in [-0.15, -0.1) is 0 Å². The molecule has 0 aromatic heterocycles. The van der Waals surface area contributed by atoms with Crippen LogP contribution < -0.4 is 5.32 Å². The Morgan fingerprint density at radius 3 is 2.33 bits per heavy atom. The number of hydrogen-bond acceptors (Lipinski definition) is 3. The molecule has 0 saturated carbocycles. The lowest BCUT2D eigenvalue weighted by atomic mass is 10.0. The van der Waals surface area contributed by atoms with Gasteiger partial charge in [0.1, 0.15) is 0 Å². The van der Waals surface area contributed by atoms with Crippen molar-refractivity contribution in [2.24, 2.45) is 0 Å². The summed E-state index contributed by atoms with van der Waals surface area (Å²) in [5.74, 6) is 0.336. The van der Waals surface area contributed by atoms with E-state index in [4.69, 9.17) is 0 Å². The standard InChI is InChI=1S/C17H33N3O/c1-6-15-11-19(16(7-2)10-18-15)17(21)14(5)20-12(3)8-9-13(20)4/h12-16,18H,6-11H2,1-5H3. The van der Waals surface area contributed by atoms with Gasteiger partial charge in [0, 0.05) is 37.3 Å². The number of rotatable bonds is 4. The Morgan fingerprint density at radius 2 is 1.81 bits per heavy atom. The van der Waals surface area contributed by atoms with Gasteiger partial charge in [-0.3, -0.25) is 9.69 Å². The number of carbonyl (C=O) groups is 1. The lowest BCUT2D eigenvalue weighted by Gasteiger charge is -2.43. The van der Waals surface area contributed by atoms with Crippen LogP contribution in [-0.2, 0) is 4.79 Å². The fraction of sp³-hybridized carbons (Fsp3) is 0.941. The van der Waals surface area contributed by atoms with E-state index in [1.165, 1.54) is 12.8 Å². The van der Waals surface area contributed by atoms with Gasteiger partial charge in [0.15, 0.2) is 0 Å². The first-order chi connectivity index (χ1) is 9.99. The molecule has 4 nitrogen and oxygen atoms in total. The molecule has 0 spiro atoms. The van der Waals surface area contributed by atoms with Crippen molar-refractivity contribution in [1.29, 1.82) is 0 Å². The predicted molar refractivity (Wildman–Crippen MR) is 87.3 cm³/mol. The minimum absolute atomic E-state index is 0.0159. The number of amides is 1. The van der Waals surface area contributed by atoms with Gasteiger partial charge in [-0.05, 0) is 46.5 Å². The Bertz CT molecular complexity index is 350. The fourth-order valence-electron chi connectivity index (χ4n) is 4.12. The molecule has 5 unspecified atom stereocenters. The second-order valence-electron chi connectivity index (χ2n) is 6.96. The van der Waals surface area contributed by atoms with Crippen LogP contribution in [-0.4, -0.2) is 59.0 Å². The summed E-state index contributed by atoms with van der Waals surface area (Å²) >= 11 is 0. The van der Waals surface area contributed by atoms with Crippen molar-refractivity contribution in [2.75, 3.05) is 13.1 Å². The van der Waals surface area contributed by atoms with E-state index >= 15 is 0 Å². The molecular weight excluding hydrogens is 262 g/mol. The lowest BCUT2D eigenvalue weighted by Crippen LogP contribution is -2.61. The highest BCUT2D eigenvalue weighted by Crippen LogP contribution is 2.27. The zero-order chi connectivity index (χ0) is 15.6. The first-order valence-corrected chi connectivity index (χ1v) is 8.80. The van der Waals surface area contributed by atoms with Gasteiger partial charge in [0.25, 0.3) is 0 Å². The van der Waals surface area contributed by atoms with Crippen molar-refractivity contribution < 1.29 is 4.79 Å². The van der Waals surface area contributed by atoms with Crippen LogP contribution in [0.4, 0.5) is 0 Å². The molecule has 2 rings (SSSR count). The third kappa shape index (κ3) is 3.42. The van der Waals surface area contributed by atoms with Crippen molar-refractivity contribution in [2.45, 2.75) is 90.5 Å². The van der Waals surface area contributed by atoms with Crippen molar-refractivity contribution in [3.8, 4) is 0 Å². The largest absolute Gasteiger partial charge is 0.336 e. The first kappa shape index (κ1) is 16.8. The zero-order valence-corrected chi connectivity index (χ0v) is 14.4. The molecule has 122 valence electrons. The number of hydrogen-bond donors (Lipinski definition) is 1. The minimum Gasteiger partial charge on any atom is -0.336 e. The van der Waals surface area contributed by atoms with Crippen molar-refractivity contribution in [3.05, 3.63) is 0 Å². The Labute approximate surface area is 130 Å². The van der Waals surface area contributed by atoms with Crippen LogP contribution in [0.1, 0.15) is 60.3 Å². The van der Waals surface area contributed by atoms with Crippen LogP contribution in [0.15, 0.2) is 0 Å². The number of piperazine rings is 1. The third-order valence-corrected chi connectivity index (χ3v) is 5.57. The zero-order valence-electron chi connectivity index (χ0n) is 14.4. The summed E-state index contributed by atoms with van der Waals surface area (Å²) in [5.41, 5.74) is 0. The van der Waals surface area contributed by atoms with Gasteiger partial charge in [0.2, 0.25) is 5.91 Å². The summed E-state index contributed by atoms with van der Waals surface area (Å²) in [6.45, 7) is 12.8. The first-order valence-electron chi connectivity index (χ1n) is 8.80. The molecule has 2 aliphatic rings. The Morgan fingerprint density at radius 1 is 1.19 bits per heavy atom. The number of nitrogens with zero attached hydrogens (tertiary/aromatic N) is 2. The molecule has 21 heavy (non-hydrogen) atoms. The van der Waals surface area contributed by atoms with Crippen molar-refractivity contribution in [3.63, 3.8) is 0 Å². The second-order valence-corrected chi connectivity index (χ2v) is 6.96. The Balaban J connectivity index is 2.08. The minimum atomic E-state index is 0.0159. The summed E-state index contributed by atoms with van der Waals surface area (Å²) in [6, 6.07) is 1.89. The third-order valence-electron chi connectivity index (χ3n) is 5.57. The molecule has 2 heterocycles. The molecule has 0 aliphatic carbocycles.